The lowest BCUT2D eigenvalue weighted by Gasteiger charge is -2.35. The molecule has 18 heavy (non-hydrogen) atoms. The third-order valence-electron chi connectivity index (χ3n) is 3.20. The summed E-state index contributed by atoms with van der Waals surface area (Å²) in [5.74, 6) is 0.179. The number of rotatable bonds is 4. The molecule has 0 saturated carbocycles. The molecule has 0 bridgehead atoms. The second-order valence-electron chi connectivity index (χ2n) is 4.47. The first-order valence-electron chi connectivity index (χ1n) is 6.33. The Bertz CT molecular complexity index is 378. The van der Waals surface area contributed by atoms with Gasteiger partial charge in [0, 0.05) is 38.4 Å². The molecule has 4 N–H and O–H groups in total. The van der Waals surface area contributed by atoms with E-state index in [9.17, 15) is 0 Å². The van der Waals surface area contributed by atoms with E-state index in [0.29, 0.717) is 6.54 Å². The van der Waals surface area contributed by atoms with Crippen molar-refractivity contribution >= 4 is 11.6 Å². The van der Waals surface area contributed by atoms with E-state index in [2.05, 4.69) is 45.1 Å². The summed E-state index contributed by atoms with van der Waals surface area (Å²) in [5.41, 5.74) is 11.9. The molecule has 0 aliphatic carbocycles. The topological polar surface area (TPSA) is 70.9 Å². The predicted molar refractivity (Wildman–Crippen MR) is 75.8 cm³/mol. The van der Waals surface area contributed by atoms with Crippen molar-refractivity contribution in [3.63, 3.8) is 0 Å². The van der Waals surface area contributed by atoms with Gasteiger partial charge in [-0.25, -0.2) is 0 Å². The maximum atomic E-state index is 5.31. The summed E-state index contributed by atoms with van der Waals surface area (Å²) in [6.07, 6.45) is 0. The summed E-state index contributed by atoms with van der Waals surface area (Å²) in [6, 6.07) is 10.5. The van der Waals surface area contributed by atoms with Crippen LogP contribution in [0, 0.1) is 0 Å². The van der Waals surface area contributed by atoms with Crippen molar-refractivity contribution in [1.29, 1.82) is 0 Å². The molecule has 1 heterocycles. The zero-order valence-corrected chi connectivity index (χ0v) is 10.6. The molecule has 5 heteroatoms. The number of nitrogens with two attached hydrogens (primary N) is 2. The number of guanidine groups is 1. The number of para-hydroxylation sites is 1. The fraction of sp³-hybridized carbons (Fsp3) is 0.462. The number of aliphatic imine (C=N–C) groups is 1. The summed E-state index contributed by atoms with van der Waals surface area (Å²) in [5, 5.41) is 0. The van der Waals surface area contributed by atoms with Gasteiger partial charge in [-0.1, -0.05) is 18.2 Å². The fourth-order valence-electron chi connectivity index (χ4n) is 2.19. The van der Waals surface area contributed by atoms with E-state index in [1.54, 1.807) is 0 Å². The van der Waals surface area contributed by atoms with Gasteiger partial charge in [0.2, 0.25) is 0 Å². The van der Waals surface area contributed by atoms with Crippen LogP contribution in [0.4, 0.5) is 5.69 Å². The summed E-state index contributed by atoms with van der Waals surface area (Å²) >= 11 is 0. The highest BCUT2D eigenvalue weighted by Gasteiger charge is 2.16. The van der Waals surface area contributed by atoms with Gasteiger partial charge >= 0.3 is 0 Å². The molecule has 98 valence electrons. The minimum Gasteiger partial charge on any atom is -0.370 e. The standard InChI is InChI=1S/C13H21N5/c14-13(15)16-6-7-17-8-10-18(11-9-17)12-4-2-1-3-5-12/h1-5H,6-11H2,(H4,14,15,16). The molecule has 1 fully saturated rings. The molecule has 0 spiro atoms. The lowest BCUT2D eigenvalue weighted by Crippen LogP contribution is -2.47. The summed E-state index contributed by atoms with van der Waals surface area (Å²) in [6.45, 7) is 5.87. The van der Waals surface area contributed by atoms with Gasteiger partial charge in [0.25, 0.3) is 0 Å². The molecular formula is C13H21N5. The van der Waals surface area contributed by atoms with Crippen LogP contribution in [0.1, 0.15) is 0 Å². The first-order chi connectivity index (χ1) is 8.75. The van der Waals surface area contributed by atoms with Crippen LogP contribution < -0.4 is 16.4 Å². The molecule has 0 aromatic heterocycles. The van der Waals surface area contributed by atoms with Crippen molar-refractivity contribution in [3.05, 3.63) is 30.3 Å². The van der Waals surface area contributed by atoms with E-state index in [1.165, 1.54) is 5.69 Å². The lowest BCUT2D eigenvalue weighted by atomic mass is 10.2. The van der Waals surface area contributed by atoms with Crippen LogP contribution in [0.25, 0.3) is 0 Å². The van der Waals surface area contributed by atoms with Gasteiger partial charge in [0.1, 0.15) is 0 Å². The zero-order valence-electron chi connectivity index (χ0n) is 10.6. The Labute approximate surface area is 108 Å². The van der Waals surface area contributed by atoms with Crippen LogP contribution in [0.3, 0.4) is 0 Å². The molecule has 1 saturated heterocycles. The van der Waals surface area contributed by atoms with Crippen molar-refractivity contribution in [2.75, 3.05) is 44.2 Å². The van der Waals surface area contributed by atoms with E-state index in [0.717, 1.165) is 32.7 Å². The van der Waals surface area contributed by atoms with Gasteiger partial charge in [-0.15, -0.1) is 0 Å². The van der Waals surface area contributed by atoms with Gasteiger partial charge in [0.15, 0.2) is 5.96 Å². The quantitative estimate of drug-likeness (QED) is 0.584. The Morgan fingerprint density at radius 2 is 1.72 bits per heavy atom. The van der Waals surface area contributed by atoms with Gasteiger partial charge in [-0.2, -0.15) is 0 Å². The number of piperazine rings is 1. The predicted octanol–water partition coefficient (Wildman–Crippen LogP) is 0.0820. The molecule has 1 aliphatic heterocycles. The molecule has 2 rings (SSSR count). The average molecular weight is 247 g/mol. The van der Waals surface area contributed by atoms with E-state index in [1.807, 2.05) is 0 Å². The summed E-state index contributed by atoms with van der Waals surface area (Å²) in [4.78, 5) is 8.82. The highest BCUT2D eigenvalue weighted by atomic mass is 15.3. The van der Waals surface area contributed by atoms with Gasteiger partial charge in [-0.05, 0) is 12.1 Å². The van der Waals surface area contributed by atoms with Crippen LogP contribution in [-0.4, -0.2) is 50.1 Å². The third kappa shape index (κ3) is 3.63. The minimum absolute atomic E-state index is 0.179. The van der Waals surface area contributed by atoms with E-state index in [4.69, 9.17) is 11.5 Å². The van der Waals surface area contributed by atoms with Gasteiger partial charge < -0.3 is 16.4 Å². The largest absolute Gasteiger partial charge is 0.370 e. The first-order valence-corrected chi connectivity index (χ1v) is 6.33. The van der Waals surface area contributed by atoms with Crippen LogP contribution in [0.5, 0.6) is 0 Å². The van der Waals surface area contributed by atoms with Crippen molar-refractivity contribution in [1.82, 2.24) is 4.90 Å². The maximum absolute atomic E-state index is 5.31. The highest BCUT2D eigenvalue weighted by molar-refractivity contribution is 5.75. The molecule has 1 aromatic carbocycles. The first kappa shape index (κ1) is 12.7. The number of hydrogen-bond donors (Lipinski definition) is 2. The molecular weight excluding hydrogens is 226 g/mol. The molecule has 0 unspecified atom stereocenters. The molecule has 0 amide bonds. The monoisotopic (exact) mass is 247 g/mol. The van der Waals surface area contributed by atoms with Gasteiger partial charge in [-0.3, -0.25) is 9.89 Å². The van der Waals surface area contributed by atoms with E-state index in [-0.39, 0.29) is 5.96 Å². The molecule has 0 radical (unpaired) electrons. The minimum atomic E-state index is 0.179. The van der Waals surface area contributed by atoms with Crippen LogP contribution in [0.2, 0.25) is 0 Å². The van der Waals surface area contributed by atoms with Crippen molar-refractivity contribution < 1.29 is 0 Å². The Hall–Kier alpha value is -1.75. The molecule has 0 atom stereocenters. The van der Waals surface area contributed by atoms with Crippen molar-refractivity contribution in [3.8, 4) is 0 Å². The Balaban J connectivity index is 1.76. The number of nitrogens with zero attached hydrogens (tertiary/aromatic N) is 3. The Kier molecular flexibility index (Phi) is 4.41. The normalized spacial score (nSPS) is 16.6. The third-order valence-corrected chi connectivity index (χ3v) is 3.20. The second kappa shape index (κ2) is 6.26. The molecule has 5 nitrogen and oxygen atoms in total. The number of anilines is 1. The average Bonchev–Trinajstić information content (AvgIpc) is 2.40. The highest BCUT2D eigenvalue weighted by Crippen LogP contribution is 2.15. The molecule has 1 aromatic rings. The number of benzene rings is 1. The molecule has 1 aliphatic rings. The van der Waals surface area contributed by atoms with Crippen molar-refractivity contribution in [2.45, 2.75) is 0 Å². The second-order valence-corrected chi connectivity index (χ2v) is 4.47. The summed E-state index contributed by atoms with van der Waals surface area (Å²) < 4.78 is 0. The van der Waals surface area contributed by atoms with Crippen LogP contribution in [-0.2, 0) is 0 Å². The van der Waals surface area contributed by atoms with E-state index < -0.39 is 0 Å². The number of hydrogen-bond acceptors (Lipinski definition) is 3. The lowest BCUT2D eigenvalue weighted by molar-refractivity contribution is 0.265. The Morgan fingerprint density at radius 1 is 1.06 bits per heavy atom. The van der Waals surface area contributed by atoms with Crippen LogP contribution in [0.15, 0.2) is 35.3 Å². The maximum Gasteiger partial charge on any atom is 0.185 e. The fourth-order valence-corrected chi connectivity index (χ4v) is 2.19. The van der Waals surface area contributed by atoms with Crippen molar-refractivity contribution in [2.24, 2.45) is 16.5 Å². The Morgan fingerprint density at radius 3 is 2.33 bits per heavy atom. The van der Waals surface area contributed by atoms with Crippen LogP contribution >= 0.6 is 0 Å². The summed E-state index contributed by atoms with van der Waals surface area (Å²) in [7, 11) is 0. The zero-order chi connectivity index (χ0) is 12.8. The smallest absolute Gasteiger partial charge is 0.185 e. The van der Waals surface area contributed by atoms with E-state index >= 15 is 0 Å². The van der Waals surface area contributed by atoms with Gasteiger partial charge in [0.05, 0.1) is 6.54 Å². The SMILES string of the molecule is NC(N)=NCCN1CCN(c2ccccc2)CC1.